The maximum Gasteiger partial charge on any atom is 0.225 e. The molecule has 1 aliphatic heterocycles. The molecule has 16 heavy (non-hydrogen) atoms. The summed E-state index contributed by atoms with van der Waals surface area (Å²) >= 11 is 0. The summed E-state index contributed by atoms with van der Waals surface area (Å²) in [4.78, 5) is 10.8. The van der Waals surface area contributed by atoms with Gasteiger partial charge in [-0.1, -0.05) is 0 Å². The molecule has 0 aliphatic carbocycles. The highest BCUT2D eigenvalue weighted by Gasteiger charge is 2.30. The van der Waals surface area contributed by atoms with E-state index in [-0.39, 0.29) is 0 Å². The highest BCUT2D eigenvalue weighted by atomic mass is 15.4. The van der Waals surface area contributed by atoms with Crippen LogP contribution in [0.4, 0.5) is 5.95 Å². The van der Waals surface area contributed by atoms with Gasteiger partial charge in [0.15, 0.2) is 0 Å². The first-order valence-corrected chi connectivity index (χ1v) is 5.36. The van der Waals surface area contributed by atoms with E-state index in [0.717, 1.165) is 24.7 Å². The Morgan fingerprint density at radius 1 is 1.31 bits per heavy atom. The summed E-state index contributed by atoms with van der Waals surface area (Å²) in [5.74, 6) is 0.823. The molecule has 0 atom stereocenters. The second-order valence-corrected chi connectivity index (χ2v) is 4.04. The summed E-state index contributed by atoms with van der Waals surface area (Å²) in [7, 11) is 0. The highest BCUT2D eigenvalue weighted by Crippen LogP contribution is 2.23. The standard InChI is InChI=1S/C11H13N5/c1-9-3-5-12-11(14-9)15-7-10(8-15)16-6-2-4-13-16/h2-6,10H,7-8H2,1H3. The average molecular weight is 215 g/mol. The van der Waals surface area contributed by atoms with Crippen LogP contribution in [0.3, 0.4) is 0 Å². The Morgan fingerprint density at radius 2 is 2.19 bits per heavy atom. The Kier molecular flexibility index (Phi) is 2.09. The van der Waals surface area contributed by atoms with Crippen molar-refractivity contribution < 1.29 is 0 Å². The summed E-state index contributed by atoms with van der Waals surface area (Å²) in [6.07, 6.45) is 5.61. The fourth-order valence-corrected chi connectivity index (χ4v) is 1.87. The van der Waals surface area contributed by atoms with Gasteiger partial charge < -0.3 is 4.90 Å². The summed E-state index contributed by atoms with van der Waals surface area (Å²) in [5, 5.41) is 4.23. The molecule has 82 valence electrons. The molecular formula is C11H13N5. The van der Waals surface area contributed by atoms with Gasteiger partial charge in [-0.25, -0.2) is 9.97 Å². The molecule has 0 bridgehead atoms. The number of hydrogen-bond acceptors (Lipinski definition) is 4. The van der Waals surface area contributed by atoms with E-state index in [1.54, 1.807) is 6.20 Å². The second kappa shape index (κ2) is 3.59. The Labute approximate surface area is 93.7 Å². The smallest absolute Gasteiger partial charge is 0.225 e. The lowest BCUT2D eigenvalue weighted by molar-refractivity contribution is 0.363. The minimum atomic E-state index is 0.458. The van der Waals surface area contributed by atoms with Crippen molar-refractivity contribution in [3.8, 4) is 0 Å². The molecule has 0 aromatic carbocycles. The van der Waals surface area contributed by atoms with E-state index in [1.165, 1.54) is 0 Å². The number of nitrogens with zero attached hydrogens (tertiary/aromatic N) is 5. The molecule has 0 unspecified atom stereocenters. The minimum absolute atomic E-state index is 0.458. The monoisotopic (exact) mass is 215 g/mol. The van der Waals surface area contributed by atoms with E-state index in [9.17, 15) is 0 Å². The molecule has 3 heterocycles. The van der Waals surface area contributed by atoms with Gasteiger partial charge in [0.25, 0.3) is 0 Å². The van der Waals surface area contributed by atoms with Crippen LogP contribution in [0.25, 0.3) is 0 Å². The van der Waals surface area contributed by atoms with Gasteiger partial charge >= 0.3 is 0 Å². The Morgan fingerprint density at radius 3 is 2.88 bits per heavy atom. The zero-order valence-corrected chi connectivity index (χ0v) is 9.11. The predicted molar refractivity (Wildman–Crippen MR) is 60.2 cm³/mol. The Hall–Kier alpha value is -1.91. The molecular weight excluding hydrogens is 202 g/mol. The number of aryl methyl sites for hydroxylation is 1. The van der Waals surface area contributed by atoms with Crippen LogP contribution in [0.5, 0.6) is 0 Å². The number of hydrogen-bond donors (Lipinski definition) is 0. The lowest BCUT2D eigenvalue weighted by Crippen LogP contribution is -2.48. The molecule has 1 aliphatic rings. The normalized spacial score (nSPS) is 16.2. The zero-order valence-electron chi connectivity index (χ0n) is 9.11. The van der Waals surface area contributed by atoms with Crippen molar-refractivity contribution in [2.45, 2.75) is 13.0 Å². The van der Waals surface area contributed by atoms with Gasteiger partial charge in [0.1, 0.15) is 0 Å². The summed E-state index contributed by atoms with van der Waals surface area (Å²) < 4.78 is 1.99. The zero-order chi connectivity index (χ0) is 11.0. The summed E-state index contributed by atoms with van der Waals surface area (Å²) in [6.45, 7) is 3.85. The van der Waals surface area contributed by atoms with Crippen molar-refractivity contribution in [3.05, 3.63) is 36.4 Å². The van der Waals surface area contributed by atoms with Crippen LogP contribution in [-0.2, 0) is 0 Å². The van der Waals surface area contributed by atoms with E-state index in [2.05, 4.69) is 20.0 Å². The SMILES string of the molecule is Cc1ccnc(N2CC(n3cccn3)C2)n1. The van der Waals surface area contributed by atoms with Crippen molar-refractivity contribution in [1.29, 1.82) is 0 Å². The van der Waals surface area contributed by atoms with E-state index < -0.39 is 0 Å². The minimum Gasteiger partial charge on any atom is -0.336 e. The third kappa shape index (κ3) is 1.54. The van der Waals surface area contributed by atoms with Crippen LogP contribution in [0.2, 0.25) is 0 Å². The average Bonchev–Trinajstić information content (AvgIpc) is 2.69. The van der Waals surface area contributed by atoms with Crippen LogP contribution in [-0.4, -0.2) is 32.8 Å². The molecule has 1 saturated heterocycles. The van der Waals surface area contributed by atoms with Gasteiger partial charge in [-0.3, -0.25) is 4.68 Å². The molecule has 1 fully saturated rings. The number of rotatable bonds is 2. The van der Waals surface area contributed by atoms with Crippen LogP contribution in [0.1, 0.15) is 11.7 Å². The molecule has 2 aromatic heterocycles. The molecule has 5 heteroatoms. The predicted octanol–water partition coefficient (Wildman–Crippen LogP) is 1.04. The summed E-state index contributed by atoms with van der Waals surface area (Å²) in [5.41, 5.74) is 1.01. The van der Waals surface area contributed by atoms with E-state index >= 15 is 0 Å². The fourth-order valence-electron chi connectivity index (χ4n) is 1.87. The van der Waals surface area contributed by atoms with Gasteiger partial charge in [0.05, 0.1) is 6.04 Å². The van der Waals surface area contributed by atoms with Crippen molar-refractivity contribution in [2.24, 2.45) is 0 Å². The van der Waals surface area contributed by atoms with Gasteiger partial charge in [0, 0.05) is 37.4 Å². The molecule has 0 saturated carbocycles. The molecule has 0 radical (unpaired) electrons. The van der Waals surface area contributed by atoms with Gasteiger partial charge in [-0.15, -0.1) is 0 Å². The topological polar surface area (TPSA) is 46.8 Å². The molecule has 0 spiro atoms. The fraction of sp³-hybridized carbons (Fsp3) is 0.364. The quantitative estimate of drug-likeness (QED) is 0.751. The Balaban J connectivity index is 1.69. The van der Waals surface area contributed by atoms with Crippen LogP contribution >= 0.6 is 0 Å². The highest BCUT2D eigenvalue weighted by molar-refractivity contribution is 5.34. The number of aromatic nitrogens is 4. The van der Waals surface area contributed by atoms with Crippen molar-refractivity contribution in [3.63, 3.8) is 0 Å². The maximum absolute atomic E-state index is 4.40. The van der Waals surface area contributed by atoms with Crippen molar-refractivity contribution in [2.75, 3.05) is 18.0 Å². The van der Waals surface area contributed by atoms with Crippen molar-refractivity contribution >= 4 is 5.95 Å². The second-order valence-electron chi connectivity index (χ2n) is 4.04. The van der Waals surface area contributed by atoms with E-state index in [0.29, 0.717) is 6.04 Å². The molecule has 5 nitrogen and oxygen atoms in total. The van der Waals surface area contributed by atoms with Crippen molar-refractivity contribution in [1.82, 2.24) is 19.7 Å². The largest absolute Gasteiger partial charge is 0.336 e. The lowest BCUT2D eigenvalue weighted by Gasteiger charge is -2.39. The van der Waals surface area contributed by atoms with Gasteiger partial charge in [-0.2, -0.15) is 5.10 Å². The van der Waals surface area contributed by atoms with E-state index in [4.69, 9.17) is 0 Å². The van der Waals surface area contributed by atoms with Gasteiger partial charge in [-0.05, 0) is 19.1 Å². The first kappa shape index (κ1) is 9.33. The number of anilines is 1. The van der Waals surface area contributed by atoms with Crippen LogP contribution in [0, 0.1) is 6.92 Å². The molecule has 2 aromatic rings. The lowest BCUT2D eigenvalue weighted by atomic mass is 10.1. The van der Waals surface area contributed by atoms with Gasteiger partial charge in [0.2, 0.25) is 5.95 Å². The molecule has 0 N–H and O–H groups in total. The molecule has 0 amide bonds. The van der Waals surface area contributed by atoms with Crippen LogP contribution in [0.15, 0.2) is 30.7 Å². The first-order chi connectivity index (χ1) is 7.83. The maximum atomic E-state index is 4.40. The first-order valence-electron chi connectivity index (χ1n) is 5.36. The summed E-state index contributed by atoms with van der Waals surface area (Å²) in [6, 6.07) is 4.32. The third-order valence-corrected chi connectivity index (χ3v) is 2.83. The third-order valence-electron chi connectivity index (χ3n) is 2.83. The Bertz CT molecular complexity index is 473. The van der Waals surface area contributed by atoms with Crippen LogP contribution < -0.4 is 4.90 Å². The molecule has 3 rings (SSSR count). The van der Waals surface area contributed by atoms with E-state index in [1.807, 2.05) is 36.1 Å².